The molecule has 0 bridgehead atoms. The van der Waals surface area contributed by atoms with Gasteiger partial charge in [-0.3, -0.25) is 4.79 Å². The first-order chi connectivity index (χ1) is 13.1. The summed E-state index contributed by atoms with van der Waals surface area (Å²) >= 11 is 1.55. The highest BCUT2D eigenvalue weighted by atomic mass is 32.1. The minimum absolute atomic E-state index is 0.109. The molecule has 3 aromatic rings. The maximum absolute atomic E-state index is 12.4. The molecule has 1 saturated heterocycles. The number of carbonyl (C=O) groups excluding carboxylic acids is 1. The molecule has 0 spiro atoms. The van der Waals surface area contributed by atoms with Crippen molar-refractivity contribution in [2.24, 2.45) is 0 Å². The molecule has 27 heavy (non-hydrogen) atoms. The Morgan fingerprint density at radius 3 is 2.59 bits per heavy atom. The van der Waals surface area contributed by atoms with Gasteiger partial charge in [-0.2, -0.15) is 16.3 Å². The molecule has 0 radical (unpaired) electrons. The molecule has 0 aromatic carbocycles. The van der Waals surface area contributed by atoms with Crippen molar-refractivity contribution in [2.45, 2.75) is 19.8 Å². The first-order valence-corrected chi connectivity index (χ1v) is 9.92. The van der Waals surface area contributed by atoms with E-state index in [1.807, 2.05) is 47.7 Å². The number of amides is 1. The quantitative estimate of drug-likeness (QED) is 0.688. The molecule has 0 aliphatic carbocycles. The molecule has 0 atom stereocenters. The van der Waals surface area contributed by atoms with Crippen molar-refractivity contribution in [3.05, 3.63) is 46.6 Å². The predicted molar refractivity (Wildman–Crippen MR) is 104 cm³/mol. The number of piperazine rings is 1. The summed E-state index contributed by atoms with van der Waals surface area (Å²) in [7, 11) is 0. The number of thiophene rings is 1. The number of anilines is 1. The van der Waals surface area contributed by atoms with Gasteiger partial charge in [0.05, 0.1) is 5.56 Å². The third-order valence-electron chi connectivity index (χ3n) is 4.60. The molecule has 1 fully saturated rings. The van der Waals surface area contributed by atoms with Gasteiger partial charge >= 0.3 is 0 Å². The number of nitrogens with zero attached hydrogens (tertiary/aromatic N) is 5. The van der Waals surface area contributed by atoms with Gasteiger partial charge in [0, 0.05) is 49.2 Å². The lowest BCUT2D eigenvalue weighted by Gasteiger charge is -2.35. The Kier molecular flexibility index (Phi) is 4.89. The fraction of sp³-hybridized carbons (Fsp3) is 0.368. The van der Waals surface area contributed by atoms with Gasteiger partial charge in [0.2, 0.25) is 11.7 Å². The number of hydrogen-bond acceptors (Lipinski definition) is 7. The van der Waals surface area contributed by atoms with E-state index in [-0.39, 0.29) is 11.8 Å². The molecule has 1 aliphatic rings. The SMILES string of the molecule is CC(C)c1nc(-c2ccc(N3CCN(C(=O)c4ccsc4)CC3)nc2)no1. The highest BCUT2D eigenvalue weighted by Gasteiger charge is 2.23. The Morgan fingerprint density at radius 2 is 2.00 bits per heavy atom. The molecule has 140 valence electrons. The lowest BCUT2D eigenvalue weighted by atomic mass is 10.2. The number of hydrogen-bond donors (Lipinski definition) is 0. The summed E-state index contributed by atoms with van der Waals surface area (Å²) < 4.78 is 5.26. The molecule has 1 amide bonds. The van der Waals surface area contributed by atoms with Crippen molar-refractivity contribution in [3.8, 4) is 11.4 Å². The van der Waals surface area contributed by atoms with Gasteiger partial charge in [-0.05, 0) is 23.6 Å². The zero-order chi connectivity index (χ0) is 18.8. The molecular formula is C19H21N5O2S. The number of carbonyl (C=O) groups is 1. The maximum atomic E-state index is 12.4. The summed E-state index contributed by atoms with van der Waals surface area (Å²) in [6.45, 7) is 6.95. The summed E-state index contributed by atoms with van der Waals surface area (Å²) in [6, 6.07) is 5.81. The smallest absolute Gasteiger partial charge is 0.254 e. The molecular weight excluding hydrogens is 362 g/mol. The maximum Gasteiger partial charge on any atom is 0.254 e. The third kappa shape index (κ3) is 3.71. The van der Waals surface area contributed by atoms with Crippen molar-refractivity contribution < 1.29 is 9.32 Å². The second-order valence-electron chi connectivity index (χ2n) is 6.81. The minimum atomic E-state index is 0.109. The predicted octanol–water partition coefficient (Wildman–Crippen LogP) is 3.28. The van der Waals surface area contributed by atoms with Gasteiger partial charge in [-0.25, -0.2) is 4.98 Å². The average molecular weight is 383 g/mol. The minimum Gasteiger partial charge on any atom is -0.353 e. The van der Waals surface area contributed by atoms with Crippen molar-refractivity contribution in [3.63, 3.8) is 0 Å². The van der Waals surface area contributed by atoms with Crippen LogP contribution in [-0.4, -0.2) is 52.1 Å². The van der Waals surface area contributed by atoms with Crippen LogP contribution in [0.1, 0.15) is 36.0 Å². The summed E-state index contributed by atoms with van der Waals surface area (Å²) in [5.41, 5.74) is 1.61. The zero-order valence-electron chi connectivity index (χ0n) is 15.3. The van der Waals surface area contributed by atoms with Crippen LogP contribution in [0, 0.1) is 0 Å². The molecule has 8 heteroatoms. The van der Waals surface area contributed by atoms with Crippen molar-refractivity contribution in [1.82, 2.24) is 20.0 Å². The molecule has 0 N–H and O–H groups in total. The van der Waals surface area contributed by atoms with Gasteiger partial charge in [0.15, 0.2) is 0 Å². The summed E-state index contributed by atoms with van der Waals surface area (Å²) in [5, 5.41) is 7.85. The summed E-state index contributed by atoms with van der Waals surface area (Å²) in [6.07, 6.45) is 1.77. The highest BCUT2D eigenvalue weighted by Crippen LogP contribution is 2.22. The van der Waals surface area contributed by atoms with Crippen LogP contribution in [0.5, 0.6) is 0 Å². The van der Waals surface area contributed by atoms with Crippen LogP contribution in [-0.2, 0) is 0 Å². The van der Waals surface area contributed by atoms with E-state index in [9.17, 15) is 4.79 Å². The Morgan fingerprint density at radius 1 is 1.19 bits per heavy atom. The molecule has 4 heterocycles. The second-order valence-corrected chi connectivity index (χ2v) is 7.59. The number of aromatic nitrogens is 3. The molecule has 0 saturated carbocycles. The highest BCUT2D eigenvalue weighted by molar-refractivity contribution is 7.08. The van der Waals surface area contributed by atoms with E-state index in [2.05, 4.69) is 20.0 Å². The van der Waals surface area contributed by atoms with Crippen LogP contribution >= 0.6 is 11.3 Å². The largest absolute Gasteiger partial charge is 0.353 e. The number of pyridine rings is 1. The molecule has 3 aromatic heterocycles. The fourth-order valence-corrected chi connectivity index (χ4v) is 3.63. The van der Waals surface area contributed by atoms with Crippen LogP contribution in [0.3, 0.4) is 0 Å². The van der Waals surface area contributed by atoms with Crippen LogP contribution in [0.2, 0.25) is 0 Å². The third-order valence-corrected chi connectivity index (χ3v) is 5.28. The Labute approximate surface area is 161 Å². The van der Waals surface area contributed by atoms with Gasteiger partial charge in [0.1, 0.15) is 5.82 Å². The topological polar surface area (TPSA) is 75.4 Å². The number of rotatable bonds is 4. The normalized spacial score (nSPS) is 14.8. The van der Waals surface area contributed by atoms with Crippen molar-refractivity contribution >= 4 is 23.1 Å². The molecule has 4 rings (SSSR count). The van der Waals surface area contributed by atoms with Crippen LogP contribution in [0.4, 0.5) is 5.82 Å². The lowest BCUT2D eigenvalue weighted by molar-refractivity contribution is 0.0747. The Bertz CT molecular complexity index is 897. The fourth-order valence-electron chi connectivity index (χ4n) is 3.00. The van der Waals surface area contributed by atoms with E-state index in [1.165, 1.54) is 0 Å². The lowest BCUT2D eigenvalue weighted by Crippen LogP contribution is -2.49. The first kappa shape index (κ1) is 17.7. The van der Waals surface area contributed by atoms with Crippen molar-refractivity contribution in [2.75, 3.05) is 31.1 Å². The Balaban J connectivity index is 1.39. The van der Waals surface area contributed by atoms with Crippen LogP contribution < -0.4 is 4.90 Å². The van der Waals surface area contributed by atoms with E-state index < -0.39 is 0 Å². The van der Waals surface area contributed by atoms with E-state index in [1.54, 1.807) is 17.5 Å². The monoisotopic (exact) mass is 383 g/mol. The second kappa shape index (κ2) is 7.48. The Hall–Kier alpha value is -2.74. The van der Waals surface area contributed by atoms with E-state index in [4.69, 9.17) is 4.52 Å². The van der Waals surface area contributed by atoms with E-state index in [0.717, 1.165) is 30.0 Å². The van der Waals surface area contributed by atoms with Gasteiger partial charge < -0.3 is 14.3 Å². The van der Waals surface area contributed by atoms with Gasteiger partial charge in [-0.15, -0.1) is 0 Å². The van der Waals surface area contributed by atoms with Crippen LogP contribution in [0.25, 0.3) is 11.4 Å². The summed E-state index contributed by atoms with van der Waals surface area (Å²) in [4.78, 5) is 25.5. The molecule has 0 unspecified atom stereocenters. The van der Waals surface area contributed by atoms with Crippen molar-refractivity contribution in [1.29, 1.82) is 0 Å². The molecule has 7 nitrogen and oxygen atoms in total. The zero-order valence-corrected chi connectivity index (χ0v) is 16.1. The standard InChI is InChI=1S/C19H21N5O2S/c1-13(2)18-21-17(22-26-18)14-3-4-16(20-11-14)23-6-8-24(9-7-23)19(25)15-5-10-27-12-15/h3-5,10-13H,6-9H2,1-2H3. The van der Waals surface area contributed by atoms with Crippen LogP contribution in [0.15, 0.2) is 39.7 Å². The van der Waals surface area contributed by atoms with E-state index in [0.29, 0.717) is 24.8 Å². The van der Waals surface area contributed by atoms with E-state index >= 15 is 0 Å². The average Bonchev–Trinajstić information content (AvgIpc) is 3.40. The molecule has 1 aliphatic heterocycles. The summed E-state index contributed by atoms with van der Waals surface area (Å²) in [5.74, 6) is 2.39. The first-order valence-electron chi connectivity index (χ1n) is 8.98. The van der Waals surface area contributed by atoms with Gasteiger partial charge in [-0.1, -0.05) is 19.0 Å². The van der Waals surface area contributed by atoms with Gasteiger partial charge in [0.25, 0.3) is 5.91 Å².